The van der Waals surface area contributed by atoms with Gasteiger partial charge in [0.05, 0.1) is 19.7 Å². The van der Waals surface area contributed by atoms with Gasteiger partial charge < -0.3 is 19.9 Å². The molecule has 0 rings (SSSR count). The van der Waals surface area contributed by atoms with Crippen LogP contribution < -0.4 is 5.32 Å². The van der Waals surface area contributed by atoms with Crippen LogP contribution in [0.15, 0.2) is 0 Å². The van der Waals surface area contributed by atoms with Crippen molar-refractivity contribution in [2.45, 2.75) is 13.8 Å². The summed E-state index contributed by atoms with van der Waals surface area (Å²) in [5.74, 6) is -0.112. The van der Waals surface area contributed by atoms with Gasteiger partial charge in [-0.3, -0.25) is 9.59 Å². The van der Waals surface area contributed by atoms with Gasteiger partial charge in [-0.25, -0.2) is 0 Å². The van der Waals surface area contributed by atoms with Crippen LogP contribution in [0, 0.1) is 0 Å². The smallest absolute Gasteiger partial charge is 0.242 e. The van der Waals surface area contributed by atoms with Crippen LogP contribution in [0.25, 0.3) is 0 Å². The normalized spacial score (nSPS) is 9.68. The van der Waals surface area contributed by atoms with E-state index in [1.807, 2.05) is 13.8 Å². The fraction of sp³-hybridized carbons (Fsp3) is 0.833. The minimum atomic E-state index is -0.0911. The summed E-state index contributed by atoms with van der Waals surface area (Å²) in [5, 5.41) is 2.96. The van der Waals surface area contributed by atoms with Gasteiger partial charge in [0.1, 0.15) is 0 Å². The van der Waals surface area contributed by atoms with Crippen LogP contribution in [0.1, 0.15) is 13.8 Å². The zero-order valence-corrected chi connectivity index (χ0v) is 13.1. The zero-order valence-electron chi connectivity index (χ0n) is 12.3. The Morgan fingerprint density at radius 3 is 2.21 bits per heavy atom. The Balaban J connectivity index is 0. The number of nitrogens with zero attached hydrogens (tertiary/aromatic N) is 2. The molecule has 1 N–H and O–H groups in total. The molecule has 0 spiro atoms. The van der Waals surface area contributed by atoms with Crippen molar-refractivity contribution in [3.05, 3.63) is 0 Å². The van der Waals surface area contributed by atoms with E-state index in [-0.39, 0.29) is 37.3 Å². The number of halogens is 1. The highest BCUT2D eigenvalue weighted by atomic mass is 35.5. The maximum absolute atomic E-state index is 11.8. The molecule has 0 aliphatic heterocycles. The number of carbonyl (C=O) groups is 2. The lowest BCUT2D eigenvalue weighted by atomic mass is 10.4. The topological polar surface area (TPSA) is 61.9 Å². The van der Waals surface area contributed by atoms with Crippen molar-refractivity contribution in [1.29, 1.82) is 0 Å². The largest absolute Gasteiger partial charge is 0.383 e. The maximum atomic E-state index is 11.8. The van der Waals surface area contributed by atoms with Gasteiger partial charge in [0.15, 0.2) is 0 Å². The molecule has 19 heavy (non-hydrogen) atoms. The van der Waals surface area contributed by atoms with E-state index in [2.05, 4.69) is 5.32 Å². The first-order valence-corrected chi connectivity index (χ1v) is 6.28. The highest BCUT2D eigenvalue weighted by Crippen LogP contribution is 1.92. The lowest BCUT2D eigenvalue weighted by molar-refractivity contribution is -0.138. The lowest BCUT2D eigenvalue weighted by Gasteiger charge is -2.23. The SMILES string of the molecule is CCN(CC)C(=O)CN(C)C(=O)CNCCOC.Cl. The molecule has 114 valence electrons. The second kappa shape index (κ2) is 12.2. The van der Waals surface area contributed by atoms with E-state index in [1.165, 1.54) is 4.90 Å². The van der Waals surface area contributed by atoms with Gasteiger partial charge in [-0.15, -0.1) is 12.4 Å². The molecule has 0 aromatic carbocycles. The Kier molecular flexibility index (Phi) is 13.1. The quantitative estimate of drug-likeness (QED) is 0.607. The molecule has 0 heterocycles. The van der Waals surface area contributed by atoms with Crippen LogP contribution in [0.3, 0.4) is 0 Å². The van der Waals surface area contributed by atoms with Crippen LogP contribution in [0.4, 0.5) is 0 Å². The molecule has 0 unspecified atom stereocenters. The van der Waals surface area contributed by atoms with Gasteiger partial charge >= 0.3 is 0 Å². The number of carbonyl (C=O) groups excluding carboxylic acids is 2. The third-order valence-corrected chi connectivity index (χ3v) is 2.67. The van der Waals surface area contributed by atoms with Gasteiger partial charge in [-0.05, 0) is 13.8 Å². The van der Waals surface area contributed by atoms with Gasteiger partial charge in [0, 0.05) is 33.8 Å². The Hall–Kier alpha value is -0.850. The van der Waals surface area contributed by atoms with Crippen LogP contribution in [0.2, 0.25) is 0 Å². The molecule has 0 aromatic rings. The van der Waals surface area contributed by atoms with Crippen LogP contribution in [-0.2, 0) is 14.3 Å². The summed E-state index contributed by atoms with van der Waals surface area (Å²) in [4.78, 5) is 26.6. The first-order chi connectivity index (χ1) is 8.56. The first-order valence-electron chi connectivity index (χ1n) is 6.28. The molecule has 0 aromatic heterocycles. The van der Waals surface area contributed by atoms with Crippen molar-refractivity contribution in [3.8, 4) is 0 Å². The zero-order chi connectivity index (χ0) is 14.0. The number of amides is 2. The number of rotatable bonds is 9. The average molecular weight is 296 g/mol. The fourth-order valence-electron chi connectivity index (χ4n) is 1.47. The number of hydrogen-bond acceptors (Lipinski definition) is 4. The first kappa shape index (κ1) is 20.5. The summed E-state index contributed by atoms with van der Waals surface area (Å²) in [7, 11) is 3.25. The summed E-state index contributed by atoms with van der Waals surface area (Å²) in [5.41, 5.74) is 0. The summed E-state index contributed by atoms with van der Waals surface area (Å²) in [6, 6.07) is 0. The van der Waals surface area contributed by atoms with E-state index in [0.717, 1.165) is 0 Å². The van der Waals surface area contributed by atoms with Crippen molar-refractivity contribution in [2.24, 2.45) is 0 Å². The molecule has 2 amide bonds. The minimum Gasteiger partial charge on any atom is -0.383 e. The second-order valence-electron chi connectivity index (χ2n) is 3.99. The van der Waals surface area contributed by atoms with E-state index in [0.29, 0.717) is 26.2 Å². The molecule has 0 saturated carbocycles. The molecule has 0 fully saturated rings. The fourth-order valence-corrected chi connectivity index (χ4v) is 1.47. The second-order valence-corrected chi connectivity index (χ2v) is 3.99. The van der Waals surface area contributed by atoms with Crippen LogP contribution in [-0.4, -0.2) is 75.1 Å². The molecule has 0 saturated heterocycles. The highest BCUT2D eigenvalue weighted by molar-refractivity contribution is 5.85. The summed E-state index contributed by atoms with van der Waals surface area (Å²) in [6.07, 6.45) is 0. The van der Waals surface area contributed by atoms with Gasteiger partial charge in [0.25, 0.3) is 0 Å². The van der Waals surface area contributed by atoms with Crippen LogP contribution >= 0.6 is 12.4 Å². The minimum absolute atomic E-state index is 0. The van der Waals surface area contributed by atoms with E-state index in [1.54, 1.807) is 19.1 Å². The molecule has 7 heteroatoms. The molecule has 6 nitrogen and oxygen atoms in total. The lowest BCUT2D eigenvalue weighted by Crippen LogP contribution is -2.43. The molecule has 0 bridgehead atoms. The molecular formula is C12H26ClN3O3. The maximum Gasteiger partial charge on any atom is 0.242 e. The summed E-state index contributed by atoms with van der Waals surface area (Å²) < 4.78 is 4.86. The summed E-state index contributed by atoms with van der Waals surface area (Å²) >= 11 is 0. The average Bonchev–Trinajstić information content (AvgIpc) is 2.35. The molecule has 0 aliphatic carbocycles. The number of ether oxygens (including phenoxy) is 1. The van der Waals surface area contributed by atoms with Crippen molar-refractivity contribution >= 4 is 24.2 Å². The summed E-state index contributed by atoms with van der Waals surface area (Å²) in [6.45, 7) is 6.74. The molecule has 0 aliphatic rings. The standard InChI is InChI=1S/C12H25N3O3.ClH/c1-5-15(6-2)12(17)10-14(3)11(16)9-13-7-8-18-4;/h13H,5-10H2,1-4H3;1H. The predicted molar refractivity (Wildman–Crippen MR) is 77.6 cm³/mol. The van der Waals surface area contributed by atoms with Gasteiger partial charge in [0.2, 0.25) is 11.8 Å². The van der Waals surface area contributed by atoms with Gasteiger partial charge in [-0.2, -0.15) is 0 Å². The Morgan fingerprint density at radius 2 is 1.74 bits per heavy atom. The van der Waals surface area contributed by atoms with Crippen LogP contribution in [0.5, 0.6) is 0 Å². The predicted octanol–water partition coefficient (Wildman–Crippen LogP) is -0.0290. The Bertz CT molecular complexity index is 261. The number of methoxy groups -OCH3 is 1. The number of likely N-dealkylation sites (N-methyl/N-ethyl adjacent to an activating group) is 2. The third kappa shape index (κ3) is 8.80. The molecule has 0 atom stereocenters. The van der Waals surface area contributed by atoms with Crippen molar-refractivity contribution < 1.29 is 14.3 Å². The monoisotopic (exact) mass is 295 g/mol. The van der Waals surface area contributed by atoms with E-state index in [9.17, 15) is 9.59 Å². The Labute approximate surface area is 121 Å². The molecule has 0 radical (unpaired) electrons. The van der Waals surface area contributed by atoms with E-state index < -0.39 is 0 Å². The van der Waals surface area contributed by atoms with E-state index in [4.69, 9.17) is 4.74 Å². The molecular weight excluding hydrogens is 270 g/mol. The van der Waals surface area contributed by atoms with Crippen molar-refractivity contribution in [2.75, 3.05) is 53.5 Å². The Morgan fingerprint density at radius 1 is 1.16 bits per heavy atom. The van der Waals surface area contributed by atoms with Crippen molar-refractivity contribution in [1.82, 2.24) is 15.1 Å². The third-order valence-electron chi connectivity index (χ3n) is 2.67. The van der Waals surface area contributed by atoms with E-state index >= 15 is 0 Å². The van der Waals surface area contributed by atoms with Crippen molar-refractivity contribution in [3.63, 3.8) is 0 Å². The highest BCUT2D eigenvalue weighted by Gasteiger charge is 2.15. The number of hydrogen-bond donors (Lipinski definition) is 1. The van der Waals surface area contributed by atoms with Gasteiger partial charge in [-0.1, -0.05) is 0 Å². The number of nitrogens with one attached hydrogen (secondary N) is 1.